The molecule has 2 N–H and O–H groups in total. The van der Waals surface area contributed by atoms with Crippen molar-refractivity contribution in [2.24, 2.45) is 0 Å². The number of halogens is 3. The number of anilines is 3. The topological polar surface area (TPSA) is 96.7 Å². The molecule has 0 aliphatic carbocycles. The van der Waals surface area contributed by atoms with Gasteiger partial charge in [-0.25, -0.2) is 4.79 Å². The summed E-state index contributed by atoms with van der Waals surface area (Å²) in [5.74, 6) is -0.452. The van der Waals surface area contributed by atoms with Gasteiger partial charge in [0.25, 0.3) is 5.69 Å². The summed E-state index contributed by atoms with van der Waals surface area (Å²) in [6.45, 7) is 8.38. The van der Waals surface area contributed by atoms with E-state index < -0.39 is 28.3 Å². The van der Waals surface area contributed by atoms with Gasteiger partial charge in [-0.2, -0.15) is 13.2 Å². The van der Waals surface area contributed by atoms with Crippen LogP contribution < -0.4 is 15.8 Å². The normalized spacial score (nSPS) is 10.9. The largest absolute Gasteiger partial charge is 0.460 e. The maximum atomic E-state index is 13.1. The SMILES string of the molecule is C=C(C)C(=O)OCCN(CC)c1ccc(NNc2ccc([N+](=O)[O-])c(C(F)(F)F)c2)cc1. The Labute approximate surface area is 182 Å². The van der Waals surface area contributed by atoms with Crippen molar-refractivity contribution in [3.8, 4) is 0 Å². The number of rotatable bonds is 10. The Morgan fingerprint density at radius 2 is 1.75 bits per heavy atom. The van der Waals surface area contributed by atoms with Gasteiger partial charge in [-0.05, 0) is 50.2 Å². The number of nitro groups is 1. The lowest BCUT2D eigenvalue weighted by Crippen LogP contribution is -2.28. The Morgan fingerprint density at radius 3 is 2.28 bits per heavy atom. The molecule has 0 aliphatic rings. The molecule has 0 saturated carbocycles. The number of ether oxygens (including phenoxy) is 1. The minimum Gasteiger partial charge on any atom is -0.460 e. The number of nitrogens with zero attached hydrogens (tertiary/aromatic N) is 2. The van der Waals surface area contributed by atoms with Crippen molar-refractivity contribution in [3.05, 3.63) is 70.3 Å². The van der Waals surface area contributed by atoms with Crippen LogP contribution in [0, 0.1) is 10.1 Å². The zero-order valence-corrected chi connectivity index (χ0v) is 17.5. The third-order valence-electron chi connectivity index (χ3n) is 4.41. The van der Waals surface area contributed by atoms with Crippen LogP contribution in [0.25, 0.3) is 0 Å². The van der Waals surface area contributed by atoms with Crippen LogP contribution >= 0.6 is 0 Å². The number of hydrogen-bond donors (Lipinski definition) is 2. The molecule has 2 aromatic rings. The van der Waals surface area contributed by atoms with Crippen LogP contribution in [-0.2, 0) is 15.7 Å². The number of nitro benzene ring substituents is 1. The van der Waals surface area contributed by atoms with E-state index in [1.807, 2.05) is 11.8 Å². The number of nitrogens with one attached hydrogen (secondary N) is 2. The lowest BCUT2D eigenvalue weighted by atomic mass is 10.1. The molecule has 0 unspecified atom stereocenters. The Hall–Kier alpha value is -3.76. The summed E-state index contributed by atoms with van der Waals surface area (Å²) in [4.78, 5) is 23.2. The lowest BCUT2D eigenvalue weighted by Gasteiger charge is -2.23. The molecule has 0 heterocycles. The lowest BCUT2D eigenvalue weighted by molar-refractivity contribution is -0.388. The van der Waals surface area contributed by atoms with Gasteiger partial charge in [0.1, 0.15) is 12.2 Å². The Bertz CT molecular complexity index is 978. The van der Waals surface area contributed by atoms with Crippen LogP contribution in [0.15, 0.2) is 54.6 Å². The van der Waals surface area contributed by atoms with E-state index in [4.69, 9.17) is 4.74 Å². The van der Waals surface area contributed by atoms with Gasteiger partial charge in [0.2, 0.25) is 0 Å². The van der Waals surface area contributed by atoms with Crippen molar-refractivity contribution in [2.45, 2.75) is 20.0 Å². The van der Waals surface area contributed by atoms with Crippen molar-refractivity contribution in [1.29, 1.82) is 0 Å². The van der Waals surface area contributed by atoms with Gasteiger partial charge >= 0.3 is 12.1 Å². The summed E-state index contributed by atoms with van der Waals surface area (Å²) < 4.78 is 44.4. The number of alkyl halides is 3. The van der Waals surface area contributed by atoms with E-state index in [-0.39, 0.29) is 12.3 Å². The van der Waals surface area contributed by atoms with Gasteiger partial charge in [0.15, 0.2) is 0 Å². The molecule has 11 heteroatoms. The fourth-order valence-corrected chi connectivity index (χ4v) is 2.74. The molecule has 0 atom stereocenters. The van der Waals surface area contributed by atoms with Crippen molar-refractivity contribution < 1.29 is 27.6 Å². The first kappa shape index (κ1) is 24.5. The van der Waals surface area contributed by atoms with E-state index in [1.165, 1.54) is 6.07 Å². The fourth-order valence-electron chi connectivity index (χ4n) is 2.74. The van der Waals surface area contributed by atoms with Gasteiger partial charge in [0, 0.05) is 23.9 Å². The maximum Gasteiger partial charge on any atom is 0.423 e. The highest BCUT2D eigenvalue weighted by molar-refractivity contribution is 5.86. The quantitative estimate of drug-likeness (QED) is 0.227. The molecule has 0 saturated heterocycles. The summed E-state index contributed by atoms with van der Waals surface area (Å²) in [7, 11) is 0. The Kier molecular flexibility index (Phi) is 8.05. The van der Waals surface area contributed by atoms with Crippen LogP contribution in [0.5, 0.6) is 0 Å². The number of hydrazine groups is 1. The highest BCUT2D eigenvalue weighted by Gasteiger charge is 2.38. The molecule has 0 radical (unpaired) electrons. The number of carbonyl (C=O) groups is 1. The number of hydrogen-bond acceptors (Lipinski definition) is 7. The number of esters is 1. The molecule has 2 aromatic carbocycles. The van der Waals surface area contributed by atoms with Crippen LogP contribution in [0.4, 0.5) is 35.9 Å². The average Bonchev–Trinajstić information content (AvgIpc) is 2.74. The Morgan fingerprint density at radius 1 is 1.16 bits per heavy atom. The molecule has 0 aliphatic heterocycles. The van der Waals surface area contributed by atoms with Crippen molar-refractivity contribution in [3.63, 3.8) is 0 Å². The number of carbonyl (C=O) groups excluding carboxylic acids is 1. The van der Waals surface area contributed by atoms with Crippen LogP contribution in [0.2, 0.25) is 0 Å². The highest BCUT2D eigenvalue weighted by atomic mass is 19.4. The second-order valence-electron chi connectivity index (χ2n) is 6.78. The second-order valence-corrected chi connectivity index (χ2v) is 6.78. The number of likely N-dealkylation sites (N-methyl/N-ethyl adjacent to an activating group) is 1. The van der Waals surface area contributed by atoms with Gasteiger partial charge in [-0.15, -0.1) is 0 Å². The van der Waals surface area contributed by atoms with Crippen LogP contribution in [-0.4, -0.2) is 30.6 Å². The summed E-state index contributed by atoms with van der Waals surface area (Å²) in [6, 6.07) is 9.66. The smallest absolute Gasteiger partial charge is 0.423 e. The summed E-state index contributed by atoms with van der Waals surface area (Å²) in [5.41, 5.74) is 4.78. The summed E-state index contributed by atoms with van der Waals surface area (Å²) in [6.07, 6.45) is -4.86. The van der Waals surface area contributed by atoms with E-state index in [0.29, 0.717) is 30.4 Å². The molecular weight excluding hydrogens is 429 g/mol. The molecule has 0 fully saturated rings. The molecule has 172 valence electrons. The number of benzene rings is 2. The van der Waals surface area contributed by atoms with E-state index in [1.54, 1.807) is 31.2 Å². The Balaban J connectivity index is 2.01. The molecule has 0 spiro atoms. The second kappa shape index (κ2) is 10.5. The van der Waals surface area contributed by atoms with E-state index in [9.17, 15) is 28.1 Å². The minimum atomic E-state index is -4.86. The average molecular weight is 452 g/mol. The summed E-state index contributed by atoms with van der Waals surface area (Å²) in [5, 5.41) is 10.8. The maximum absolute atomic E-state index is 13.1. The van der Waals surface area contributed by atoms with Crippen LogP contribution in [0.3, 0.4) is 0 Å². The van der Waals surface area contributed by atoms with E-state index in [0.717, 1.165) is 11.8 Å². The molecular formula is C21H23F3N4O4. The van der Waals surface area contributed by atoms with Crippen LogP contribution in [0.1, 0.15) is 19.4 Å². The molecule has 0 amide bonds. The van der Waals surface area contributed by atoms with Gasteiger partial charge in [-0.1, -0.05) is 6.58 Å². The monoisotopic (exact) mass is 452 g/mol. The van der Waals surface area contributed by atoms with Gasteiger partial charge in [0.05, 0.1) is 22.8 Å². The first-order chi connectivity index (χ1) is 15.0. The third-order valence-corrected chi connectivity index (χ3v) is 4.41. The zero-order chi connectivity index (χ0) is 23.9. The summed E-state index contributed by atoms with van der Waals surface area (Å²) >= 11 is 0. The van der Waals surface area contributed by atoms with Crippen molar-refractivity contribution in [2.75, 3.05) is 35.4 Å². The van der Waals surface area contributed by atoms with Gasteiger partial charge < -0.3 is 20.5 Å². The van der Waals surface area contributed by atoms with E-state index >= 15 is 0 Å². The predicted molar refractivity (Wildman–Crippen MR) is 115 cm³/mol. The third kappa shape index (κ3) is 6.62. The molecule has 0 aromatic heterocycles. The van der Waals surface area contributed by atoms with Crippen molar-refractivity contribution in [1.82, 2.24) is 0 Å². The minimum absolute atomic E-state index is 0.0153. The first-order valence-electron chi connectivity index (χ1n) is 9.58. The first-order valence-corrected chi connectivity index (χ1v) is 9.58. The van der Waals surface area contributed by atoms with Gasteiger partial charge in [-0.3, -0.25) is 10.1 Å². The fraction of sp³-hybridized carbons (Fsp3) is 0.286. The predicted octanol–water partition coefficient (Wildman–Crippen LogP) is 5.00. The zero-order valence-electron chi connectivity index (χ0n) is 17.5. The molecule has 0 bridgehead atoms. The molecule has 2 rings (SSSR count). The molecule has 32 heavy (non-hydrogen) atoms. The molecule has 8 nitrogen and oxygen atoms in total. The standard InChI is InChI=1S/C21H23F3N4O4/c1-4-27(11-12-32-20(29)14(2)3)17-8-5-15(6-9-17)25-26-16-7-10-19(28(30)31)18(13-16)21(22,23)24/h5-10,13,25-26H,2,4,11-12H2,1,3H3. The van der Waals surface area contributed by atoms with Crippen molar-refractivity contribution >= 4 is 28.7 Å². The van der Waals surface area contributed by atoms with E-state index in [2.05, 4.69) is 17.4 Å². The highest BCUT2D eigenvalue weighted by Crippen LogP contribution is 2.37.